The molecule has 0 aliphatic rings. The summed E-state index contributed by atoms with van der Waals surface area (Å²) in [4.78, 5) is 10.1. The normalized spacial score (nSPS) is 11.7. The maximum atomic E-state index is 6.20. The third kappa shape index (κ3) is 10.1. The van der Waals surface area contributed by atoms with Crippen molar-refractivity contribution >= 4 is 11.0 Å². The van der Waals surface area contributed by atoms with Gasteiger partial charge in [0, 0.05) is 32.2 Å². The molecule has 0 saturated heterocycles. The van der Waals surface area contributed by atoms with Gasteiger partial charge in [-0.3, -0.25) is 4.90 Å². The lowest BCUT2D eigenvalue weighted by Gasteiger charge is -2.24. The van der Waals surface area contributed by atoms with Crippen LogP contribution in [0.4, 0.5) is 0 Å². The number of aromatic nitrogens is 2. The molecule has 6 nitrogen and oxygen atoms in total. The standard InChI is InChI=1S/C37H52N4O2/c1-6-9-23-41-36-25-34(42-24-13-22-39(7-2)8-3)20-21-35(36)38-37(41)28-40(26-30(4)5)27-31-16-18-33(19-17-31)43-29-32-14-11-10-12-15-32/h10-12,14-21,25,30H,6-9,13,22-24,26-29H2,1-5H3. The molecule has 3 aromatic carbocycles. The third-order valence-electron chi connectivity index (χ3n) is 7.88. The summed E-state index contributed by atoms with van der Waals surface area (Å²) in [7, 11) is 0. The van der Waals surface area contributed by atoms with Crippen LogP contribution in [0.2, 0.25) is 0 Å². The Kier molecular flexibility index (Phi) is 12.9. The number of rotatable bonds is 19. The second kappa shape index (κ2) is 17.1. The van der Waals surface area contributed by atoms with Crippen molar-refractivity contribution in [3.05, 3.63) is 89.7 Å². The van der Waals surface area contributed by atoms with Crippen LogP contribution in [-0.4, -0.2) is 52.1 Å². The van der Waals surface area contributed by atoms with Gasteiger partial charge in [-0.2, -0.15) is 0 Å². The molecule has 0 amide bonds. The number of aryl methyl sites for hydroxylation is 1. The maximum Gasteiger partial charge on any atom is 0.124 e. The van der Waals surface area contributed by atoms with Crippen LogP contribution in [0.5, 0.6) is 11.5 Å². The summed E-state index contributed by atoms with van der Waals surface area (Å²) >= 11 is 0. The lowest BCUT2D eigenvalue weighted by Crippen LogP contribution is -2.28. The summed E-state index contributed by atoms with van der Waals surface area (Å²) in [5.41, 5.74) is 4.68. The molecule has 1 heterocycles. The van der Waals surface area contributed by atoms with Crippen LogP contribution in [0.1, 0.15) is 70.8 Å². The number of benzene rings is 3. The van der Waals surface area contributed by atoms with E-state index in [0.717, 1.165) is 94.5 Å². The van der Waals surface area contributed by atoms with Crippen molar-refractivity contribution in [2.24, 2.45) is 5.92 Å². The minimum Gasteiger partial charge on any atom is -0.493 e. The smallest absolute Gasteiger partial charge is 0.124 e. The van der Waals surface area contributed by atoms with Crippen molar-refractivity contribution in [3.63, 3.8) is 0 Å². The Hall–Kier alpha value is -3.35. The van der Waals surface area contributed by atoms with Gasteiger partial charge in [-0.15, -0.1) is 0 Å². The Morgan fingerprint density at radius 1 is 0.767 bits per heavy atom. The fourth-order valence-electron chi connectivity index (χ4n) is 5.54. The van der Waals surface area contributed by atoms with E-state index >= 15 is 0 Å². The van der Waals surface area contributed by atoms with Gasteiger partial charge in [-0.05, 0) is 67.2 Å². The highest BCUT2D eigenvalue weighted by atomic mass is 16.5. The minimum atomic E-state index is 0.554. The number of hydrogen-bond acceptors (Lipinski definition) is 5. The largest absolute Gasteiger partial charge is 0.493 e. The zero-order valence-corrected chi connectivity index (χ0v) is 27.1. The van der Waals surface area contributed by atoms with Crippen molar-refractivity contribution in [3.8, 4) is 11.5 Å². The molecule has 0 aliphatic carbocycles. The monoisotopic (exact) mass is 584 g/mol. The van der Waals surface area contributed by atoms with Gasteiger partial charge in [0.1, 0.15) is 23.9 Å². The first-order chi connectivity index (χ1) is 21.0. The van der Waals surface area contributed by atoms with Gasteiger partial charge in [-0.25, -0.2) is 4.98 Å². The summed E-state index contributed by atoms with van der Waals surface area (Å²) in [5.74, 6) is 3.52. The molecule has 0 unspecified atom stereocenters. The molecule has 0 spiro atoms. The van der Waals surface area contributed by atoms with Gasteiger partial charge in [0.05, 0.1) is 24.2 Å². The minimum absolute atomic E-state index is 0.554. The third-order valence-corrected chi connectivity index (χ3v) is 7.88. The number of ether oxygens (including phenoxy) is 2. The molecule has 232 valence electrons. The van der Waals surface area contributed by atoms with Crippen molar-refractivity contribution in [1.82, 2.24) is 19.4 Å². The quantitative estimate of drug-likeness (QED) is 0.104. The van der Waals surface area contributed by atoms with E-state index in [0.29, 0.717) is 12.5 Å². The Morgan fingerprint density at radius 2 is 1.51 bits per heavy atom. The zero-order chi connectivity index (χ0) is 30.4. The lowest BCUT2D eigenvalue weighted by molar-refractivity contribution is 0.219. The average molecular weight is 585 g/mol. The predicted molar refractivity (Wildman–Crippen MR) is 179 cm³/mol. The Morgan fingerprint density at radius 3 is 2.21 bits per heavy atom. The predicted octanol–water partition coefficient (Wildman–Crippen LogP) is 8.18. The van der Waals surface area contributed by atoms with Crippen LogP contribution in [0, 0.1) is 5.92 Å². The van der Waals surface area contributed by atoms with Crippen molar-refractivity contribution in [2.75, 3.05) is 32.8 Å². The second-order valence-corrected chi connectivity index (χ2v) is 11.9. The molecule has 43 heavy (non-hydrogen) atoms. The molecule has 1 aromatic heterocycles. The van der Waals surface area contributed by atoms with E-state index in [1.807, 2.05) is 18.2 Å². The second-order valence-electron chi connectivity index (χ2n) is 11.9. The van der Waals surface area contributed by atoms with Crippen LogP contribution >= 0.6 is 0 Å². The summed E-state index contributed by atoms with van der Waals surface area (Å²) in [6.07, 6.45) is 3.31. The summed E-state index contributed by atoms with van der Waals surface area (Å²) in [5, 5.41) is 0. The van der Waals surface area contributed by atoms with Crippen molar-refractivity contribution in [1.29, 1.82) is 0 Å². The SMILES string of the molecule is CCCCn1c(CN(Cc2ccc(OCc3ccccc3)cc2)CC(C)C)nc2ccc(OCCCN(CC)CC)cc21. The highest BCUT2D eigenvalue weighted by Gasteiger charge is 2.17. The average Bonchev–Trinajstić information content (AvgIpc) is 3.35. The maximum absolute atomic E-state index is 6.20. The zero-order valence-electron chi connectivity index (χ0n) is 27.1. The molecular weight excluding hydrogens is 532 g/mol. The fourth-order valence-corrected chi connectivity index (χ4v) is 5.54. The number of imidazole rings is 1. The first-order valence-corrected chi connectivity index (χ1v) is 16.3. The van der Waals surface area contributed by atoms with Crippen molar-refractivity contribution in [2.45, 2.75) is 80.1 Å². The highest BCUT2D eigenvalue weighted by Crippen LogP contribution is 2.25. The molecule has 4 rings (SSSR count). The highest BCUT2D eigenvalue weighted by molar-refractivity contribution is 5.77. The number of hydrogen-bond donors (Lipinski definition) is 0. The molecule has 0 N–H and O–H groups in total. The lowest BCUT2D eigenvalue weighted by atomic mass is 10.1. The number of nitrogens with zero attached hydrogens (tertiary/aromatic N) is 4. The molecular formula is C37H52N4O2. The molecule has 0 radical (unpaired) electrons. The molecule has 6 heteroatoms. The Bertz CT molecular complexity index is 1350. The number of unbranched alkanes of at least 4 members (excludes halogenated alkanes) is 1. The molecule has 0 atom stereocenters. The first kappa shape index (κ1) is 32.6. The molecule has 0 bridgehead atoms. The van der Waals surface area contributed by atoms with E-state index in [1.165, 1.54) is 16.6 Å². The fraction of sp³-hybridized carbons (Fsp3) is 0.486. The van der Waals surface area contributed by atoms with E-state index in [-0.39, 0.29) is 0 Å². The molecule has 4 aromatic rings. The first-order valence-electron chi connectivity index (χ1n) is 16.3. The van der Waals surface area contributed by atoms with E-state index in [2.05, 4.69) is 104 Å². The molecule has 0 fully saturated rings. The van der Waals surface area contributed by atoms with Gasteiger partial charge >= 0.3 is 0 Å². The molecule has 0 aliphatic heterocycles. The molecule has 0 saturated carbocycles. The van der Waals surface area contributed by atoms with Gasteiger partial charge in [0.25, 0.3) is 0 Å². The summed E-state index contributed by atoms with van der Waals surface area (Å²) in [6, 6.07) is 25.3. The van der Waals surface area contributed by atoms with E-state index in [9.17, 15) is 0 Å². The Labute approximate surface area is 259 Å². The van der Waals surface area contributed by atoms with Crippen LogP contribution in [-0.2, 0) is 26.2 Å². The van der Waals surface area contributed by atoms with Gasteiger partial charge in [0.15, 0.2) is 0 Å². The number of fused-ring (bicyclic) bond motifs is 1. The van der Waals surface area contributed by atoms with E-state index in [4.69, 9.17) is 14.5 Å². The van der Waals surface area contributed by atoms with Crippen LogP contribution in [0.3, 0.4) is 0 Å². The van der Waals surface area contributed by atoms with Crippen LogP contribution in [0.15, 0.2) is 72.8 Å². The van der Waals surface area contributed by atoms with Gasteiger partial charge < -0.3 is 18.9 Å². The summed E-state index contributed by atoms with van der Waals surface area (Å²) in [6.45, 7) is 19.5. The Balaban J connectivity index is 1.45. The van der Waals surface area contributed by atoms with Crippen LogP contribution < -0.4 is 9.47 Å². The van der Waals surface area contributed by atoms with E-state index in [1.54, 1.807) is 0 Å². The van der Waals surface area contributed by atoms with Gasteiger partial charge in [-0.1, -0.05) is 83.5 Å². The topological polar surface area (TPSA) is 42.8 Å². The van der Waals surface area contributed by atoms with E-state index < -0.39 is 0 Å². The van der Waals surface area contributed by atoms with Gasteiger partial charge in [0.2, 0.25) is 0 Å². The van der Waals surface area contributed by atoms with Crippen LogP contribution in [0.25, 0.3) is 11.0 Å². The van der Waals surface area contributed by atoms with Crippen molar-refractivity contribution < 1.29 is 9.47 Å². The summed E-state index contributed by atoms with van der Waals surface area (Å²) < 4.78 is 14.6.